The summed E-state index contributed by atoms with van der Waals surface area (Å²) >= 11 is 3.43. The van der Waals surface area contributed by atoms with Crippen LogP contribution in [0.3, 0.4) is 0 Å². The summed E-state index contributed by atoms with van der Waals surface area (Å²) in [4.78, 5) is 25.7. The second kappa shape index (κ2) is 9.14. The molecule has 3 aromatic rings. The van der Waals surface area contributed by atoms with Gasteiger partial charge in [-0.25, -0.2) is 0 Å². The first-order chi connectivity index (χ1) is 15.0. The number of hydrogen-bond acceptors (Lipinski definition) is 3. The molecule has 1 aliphatic heterocycles. The molecule has 1 fully saturated rings. The summed E-state index contributed by atoms with van der Waals surface area (Å²) in [5.41, 5.74) is 5.16. The fourth-order valence-corrected chi connectivity index (χ4v) is 3.77. The van der Waals surface area contributed by atoms with Gasteiger partial charge in [-0.05, 0) is 60.7 Å². The van der Waals surface area contributed by atoms with Gasteiger partial charge >= 0.3 is 5.91 Å². The molecule has 0 saturated carbocycles. The highest BCUT2D eigenvalue weighted by Gasteiger charge is 2.47. The largest absolute Gasteiger partial charge is 0.497 e. The minimum Gasteiger partial charge on any atom is -0.497 e. The molecule has 4 rings (SSSR count). The molecule has 2 N–H and O–H groups in total. The minimum absolute atomic E-state index is 0.279. The van der Waals surface area contributed by atoms with Gasteiger partial charge in [0, 0.05) is 21.2 Å². The molecule has 1 heterocycles. The third-order valence-electron chi connectivity index (χ3n) is 5.08. The van der Waals surface area contributed by atoms with Crippen molar-refractivity contribution >= 4 is 34.0 Å². The minimum atomic E-state index is -0.771. The summed E-state index contributed by atoms with van der Waals surface area (Å²) < 4.78 is 7.96. The Bertz CT molecular complexity index is 1110. The van der Waals surface area contributed by atoms with Crippen molar-refractivity contribution < 1.29 is 19.0 Å². The van der Waals surface area contributed by atoms with Crippen molar-refractivity contribution in [2.45, 2.75) is 12.1 Å². The van der Waals surface area contributed by atoms with Crippen LogP contribution >= 0.6 is 15.9 Å². The Hall–Kier alpha value is -3.45. The van der Waals surface area contributed by atoms with Crippen molar-refractivity contribution in [3.63, 3.8) is 0 Å². The summed E-state index contributed by atoms with van der Waals surface area (Å²) in [5, 5.41) is 2.90. The Morgan fingerprint density at radius 2 is 1.71 bits per heavy atom. The van der Waals surface area contributed by atoms with Crippen LogP contribution in [0.5, 0.6) is 5.75 Å². The number of halogens is 1. The summed E-state index contributed by atoms with van der Waals surface area (Å²) in [7, 11) is 1.60. The van der Waals surface area contributed by atoms with Crippen molar-refractivity contribution in [2.24, 2.45) is 0 Å². The zero-order valence-corrected chi connectivity index (χ0v) is 18.4. The molecule has 0 radical (unpaired) electrons. The molecule has 1 aliphatic rings. The average molecular weight is 479 g/mol. The number of nitrogens with zero attached hydrogens (tertiary/aromatic N) is 1. The quantitative estimate of drug-likeness (QED) is 0.551. The first-order valence-corrected chi connectivity index (χ1v) is 10.5. The SMILES string of the molecule is COc1ccc([C@H]2[C@H](NC(=O)c3ccccc3)C(=O)N/[N+]2=C\c2ccc(Br)cc2)cc1. The van der Waals surface area contributed by atoms with Gasteiger partial charge in [-0.3, -0.25) is 9.59 Å². The van der Waals surface area contributed by atoms with Crippen molar-refractivity contribution in [3.05, 3.63) is 100 Å². The lowest BCUT2D eigenvalue weighted by Crippen LogP contribution is -2.42. The number of carbonyl (C=O) groups excluding carboxylic acids is 2. The van der Waals surface area contributed by atoms with E-state index in [1.54, 1.807) is 36.1 Å². The van der Waals surface area contributed by atoms with E-state index < -0.39 is 12.1 Å². The van der Waals surface area contributed by atoms with Crippen LogP contribution in [0.4, 0.5) is 0 Å². The van der Waals surface area contributed by atoms with Gasteiger partial charge in [0.25, 0.3) is 5.91 Å². The van der Waals surface area contributed by atoms with E-state index in [1.165, 1.54) is 0 Å². The predicted molar refractivity (Wildman–Crippen MR) is 121 cm³/mol. The highest BCUT2D eigenvalue weighted by molar-refractivity contribution is 9.10. The lowest BCUT2D eigenvalue weighted by atomic mass is 9.99. The van der Waals surface area contributed by atoms with Crippen LogP contribution in [0.1, 0.15) is 27.5 Å². The van der Waals surface area contributed by atoms with Crippen LogP contribution in [0.15, 0.2) is 83.3 Å². The molecular formula is C24H21BrN3O3+. The summed E-state index contributed by atoms with van der Waals surface area (Å²) in [5.74, 6) is 0.137. The third kappa shape index (κ3) is 4.67. The number of carbonyl (C=O) groups is 2. The first kappa shape index (κ1) is 20.8. The average Bonchev–Trinajstić information content (AvgIpc) is 3.10. The fraction of sp³-hybridized carbons (Fsp3) is 0.125. The molecule has 1 saturated heterocycles. The standard InChI is InChI=1S/C24H20BrN3O3/c1-31-20-13-9-17(10-14-20)22-21(26-23(29)18-5-3-2-4-6-18)24(30)27-28(22)15-16-7-11-19(25)12-8-16/h2-15,21-22H,1H3,(H-,26,27,29,30)/p+1/b28-15-/t21-,22-/m0/s1. The maximum Gasteiger partial charge on any atom is 0.304 e. The molecule has 2 atom stereocenters. The maximum absolute atomic E-state index is 12.9. The Labute approximate surface area is 188 Å². The molecule has 2 amide bonds. The second-order valence-corrected chi connectivity index (χ2v) is 8.01. The van der Waals surface area contributed by atoms with Gasteiger partial charge in [0.2, 0.25) is 12.3 Å². The van der Waals surface area contributed by atoms with Gasteiger partial charge < -0.3 is 10.1 Å². The number of hydrazine groups is 1. The molecule has 31 heavy (non-hydrogen) atoms. The molecule has 0 aliphatic carbocycles. The van der Waals surface area contributed by atoms with E-state index in [-0.39, 0.29) is 11.8 Å². The van der Waals surface area contributed by atoms with E-state index in [0.717, 1.165) is 15.6 Å². The molecule has 0 aromatic heterocycles. The normalized spacial score (nSPS) is 19.2. The Kier molecular flexibility index (Phi) is 6.13. The number of benzene rings is 3. The lowest BCUT2D eigenvalue weighted by molar-refractivity contribution is -0.596. The molecule has 6 nitrogen and oxygen atoms in total. The van der Waals surface area contributed by atoms with Crippen molar-refractivity contribution in [1.29, 1.82) is 0 Å². The monoisotopic (exact) mass is 478 g/mol. The van der Waals surface area contributed by atoms with Gasteiger partial charge in [-0.2, -0.15) is 0 Å². The smallest absolute Gasteiger partial charge is 0.304 e. The Morgan fingerprint density at radius 1 is 1.03 bits per heavy atom. The van der Waals surface area contributed by atoms with E-state index in [9.17, 15) is 9.59 Å². The zero-order valence-electron chi connectivity index (χ0n) is 16.8. The summed E-state index contributed by atoms with van der Waals surface area (Å²) in [6.45, 7) is 0. The fourth-order valence-electron chi connectivity index (χ4n) is 3.51. The number of hydrogen-bond donors (Lipinski definition) is 2. The summed E-state index contributed by atoms with van der Waals surface area (Å²) in [6.07, 6.45) is 1.86. The first-order valence-electron chi connectivity index (χ1n) is 9.74. The number of amides is 2. The maximum atomic E-state index is 12.9. The topological polar surface area (TPSA) is 70.4 Å². The Balaban J connectivity index is 1.70. The number of rotatable bonds is 5. The number of ether oxygens (including phenoxy) is 1. The lowest BCUT2D eigenvalue weighted by Gasteiger charge is -2.15. The highest BCUT2D eigenvalue weighted by atomic mass is 79.9. The van der Waals surface area contributed by atoms with Crippen LogP contribution in [0.25, 0.3) is 0 Å². The summed E-state index contributed by atoms with van der Waals surface area (Å²) in [6, 6.07) is 22.9. The predicted octanol–water partition coefficient (Wildman–Crippen LogP) is 3.47. The molecule has 7 heteroatoms. The van der Waals surface area contributed by atoms with Gasteiger partial charge in [0.05, 0.1) is 7.11 Å². The van der Waals surface area contributed by atoms with E-state index >= 15 is 0 Å². The van der Waals surface area contributed by atoms with Gasteiger partial charge in [-0.1, -0.05) is 34.1 Å². The Morgan fingerprint density at radius 3 is 2.35 bits per heavy atom. The number of methoxy groups -OCH3 is 1. The highest BCUT2D eigenvalue weighted by Crippen LogP contribution is 2.27. The molecule has 156 valence electrons. The van der Waals surface area contributed by atoms with Crippen molar-refractivity contribution in [2.75, 3.05) is 7.11 Å². The van der Waals surface area contributed by atoms with E-state index in [4.69, 9.17) is 4.74 Å². The molecule has 3 aromatic carbocycles. The second-order valence-electron chi connectivity index (χ2n) is 7.10. The van der Waals surface area contributed by atoms with Crippen LogP contribution in [0.2, 0.25) is 0 Å². The number of hydrazone groups is 1. The van der Waals surface area contributed by atoms with Gasteiger partial charge in [0.1, 0.15) is 5.75 Å². The molecule has 0 spiro atoms. The van der Waals surface area contributed by atoms with E-state index in [1.807, 2.05) is 60.8 Å². The third-order valence-corrected chi connectivity index (χ3v) is 5.60. The zero-order chi connectivity index (χ0) is 21.8. The van der Waals surface area contributed by atoms with Crippen LogP contribution in [-0.4, -0.2) is 35.9 Å². The van der Waals surface area contributed by atoms with Crippen LogP contribution < -0.4 is 15.5 Å². The van der Waals surface area contributed by atoms with Crippen molar-refractivity contribution in [1.82, 2.24) is 10.7 Å². The van der Waals surface area contributed by atoms with Crippen molar-refractivity contribution in [3.8, 4) is 5.75 Å². The van der Waals surface area contributed by atoms with Crippen LogP contribution in [0, 0.1) is 0 Å². The van der Waals surface area contributed by atoms with E-state index in [0.29, 0.717) is 11.3 Å². The van der Waals surface area contributed by atoms with Gasteiger partial charge in [-0.15, -0.1) is 10.1 Å². The number of nitrogens with one attached hydrogen (secondary N) is 2. The van der Waals surface area contributed by atoms with Gasteiger partial charge in [0.15, 0.2) is 6.04 Å². The molecule has 0 unspecified atom stereocenters. The molecule has 0 bridgehead atoms. The molecular weight excluding hydrogens is 458 g/mol. The van der Waals surface area contributed by atoms with E-state index in [2.05, 4.69) is 26.7 Å². The van der Waals surface area contributed by atoms with Crippen LogP contribution in [-0.2, 0) is 4.79 Å².